The summed E-state index contributed by atoms with van der Waals surface area (Å²) in [5, 5.41) is 4.51. The fourth-order valence-electron chi connectivity index (χ4n) is 2.37. The summed E-state index contributed by atoms with van der Waals surface area (Å²) < 4.78 is 0. The van der Waals surface area contributed by atoms with E-state index < -0.39 is 0 Å². The molecule has 2 atom stereocenters. The minimum Gasteiger partial charge on any atom is -0.682 e. The number of hydrogen-bond donors (Lipinski definition) is 0. The Kier molecular flexibility index (Phi) is 9.25. The van der Waals surface area contributed by atoms with Crippen LogP contribution in [-0.4, -0.2) is 6.04 Å². The molecular formula is C19H27NY-2. The Labute approximate surface area is 156 Å². The van der Waals surface area contributed by atoms with Crippen LogP contribution in [0, 0.1) is 18.3 Å². The van der Waals surface area contributed by atoms with Crippen molar-refractivity contribution in [1.29, 1.82) is 0 Å². The second-order valence-corrected chi connectivity index (χ2v) is 5.58. The summed E-state index contributed by atoms with van der Waals surface area (Å²) in [5.41, 5.74) is 2.34. The van der Waals surface area contributed by atoms with Gasteiger partial charge in [0.1, 0.15) is 0 Å². The van der Waals surface area contributed by atoms with Crippen molar-refractivity contribution in [2.75, 3.05) is 0 Å². The molecule has 1 nitrogen and oxygen atoms in total. The fourth-order valence-corrected chi connectivity index (χ4v) is 2.37. The SMILES string of the molecule is C=C1[N-]C2C=CC(C2)C1(C)C.CC.[CH2-]c1ccccc1.[Y]. The zero-order chi connectivity index (χ0) is 15.2. The van der Waals surface area contributed by atoms with Gasteiger partial charge in [-0.25, -0.2) is 0 Å². The van der Waals surface area contributed by atoms with Crippen molar-refractivity contribution in [3.8, 4) is 0 Å². The Morgan fingerprint density at radius 2 is 1.71 bits per heavy atom. The van der Waals surface area contributed by atoms with E-state index in [1.54, 1.807) is 0 Å². The molecule has 0 N–H and O–H groups in total. The summed E-state index contributed by atoms with van der Waals surface area (Å²) in [6.45, 7) is 16.2. The molecule has 1 aliphatic heterocycles. The van der Waals surface area contributed by atoms with Gasteiger partial charge < -0.3 is 5.32 Å². The van der Waals surface area contributed by atoms with Gasteiger partial charge in [0.15, 0.2) is 0 Å². The number of allylic oxidation sites excluding steroid dienone is 2. The van der Waals surface area contributed by atoms with E-state index in [1.165, 1.54) is 6.42 Å². The third-order valence-corrected chi connectivity index (χ3v) is 3.90. The summed E-state index contributed by atoms with van der Waals surface area (Å²) in [5.74, 6) is 0.678. The predicted octanol–water partition coefficient (Wildman–Crippen LogP) is 5.75. The molecule has 2 bridgehead atoms. The number of nitrogens with zero attached hydrogens (tertiary/aromatic N) is 1. The van der Waals surface area contributed by atoms with Crippen LogP contribution in [0.3, 0.4) is 0 Å². The van der Waals surface area contributed by atoms with Gasteiger partial charge in [-0.15, -0.1) is 24.8 Å². The first-order valence-electron chi connectivity index (χ1n) is 7.45. The minimum absolute atomic E-state index is 0. The summed E-state index contributed by atoms with van der Waals surface area (Å²) in [4.78, 5) is 0. The van der Waals surface area contributed by atoms with Crippen LogP contribution < -0.4 is 0 Å². The molecule has 1 aliphatic carbocycles. The van der Waals surface area contributed by atoms with Crippen LogP contribution in [-0.2, 0) is 32.7 Å². The van der Waals surface area contributed by atoms with Crippen LogP contribution in [0.1, 0.15) is 39.7 Å². The van der Waals surface area contributed by atoms with E-state index in [4.69, 9.17) is 0 Å². The number of rotatable bonds is 0. The van der Waals surface area contributed by atoms with Gasteiger partial charge in [0.2, 0.25) is 0 Å². The van der Waals surface area contributed by atoms with Gasteiger partial charge >= 0.3 is 0 Å². The standard InChI is InChI=1S/C10H14N.C7H7.C2H6.Y/c1-7-10(2,3)8-4-5-9(6-8)11-7;1-7-5-3-2-4-6-7;1-2;/h4-5,8-9H,1,6H2,2-3H3;2-6H,1H2;1-2H3;/q2*-1;;. The quantitative estimate of drug-likeness (QED) is 0.414. The number of hydrogen-bond acceptors (Lipinski definition) is 0. The zero-order valence-corrected chi connectivity index (χ0v) is 16.7. The van der Waals surface area contributed by atoms with E-state index in [9.17, 15) is 0 Å². The summed E-state index contributed by atoms with van der Waals surface area (Å²) in [7, 11) is 0. The van der Waals surface area contributed by atoms with E-state index >= 15 is 0 Å². The van der Waals surface area contributed by atoms with Crippen molar-refractivity contribution in [2.45, 2.75) is 40.2 Å². The molecule has 2 unspecified atom stereocenters. The Bertz CT molecular complexity index is 448. The van der Waals surface area contributed by atoms with Crippen LogP contribution in [0.2, 0.25) is 0 Å². The van der Waals surface area contributed by atoms with Crippen LogP contribution >= 0.6 is 0 Å². The molecule has 0 aromatic heterocycles. The molecule has 1 aromatic rings. The second kappa shape index (κ2) is 9.48. The van der Waals surface area contributed by atoms with Gasteiger partial charge in [0.05, 0.1) is 0 Å². The molecule has 0 saturated carbocycles. The molecule has 1 saturated heterocycles. The van der Waals surface area contributed by atoms with Crippen LogP contribution in [0.4, 0.5) is 0 Å². The monoisotopic (exact) mass is 358 g/mol. The van der Waals surface area contributed by atoms with Crippen LogP contribution in [0.5, 0.6) is 0 Å². The third-order valence-electron chi connectivity index (χ3n) is 3.90. The van der Waals surface area contributed by atoms with E-state index in [0.717, 1.165) is 11.3 Å². The van der Waals surface area contributed by atoms with Gasteiger partial charge in [0.25, 0.3) is 0 Å². The van der Waals surface area contributed by atoms with Crippen molar-refractivity contribution in [3.05, 3.63) is 72.6 Å². The van der Waals surface area contributed by atoms with E-state index in [-0.39, 0.29) is 38.1 Å². The van der Waals surface area contributed by atoms with E-state index in [1.807, 2.05) is 44.2 Å². The van der Waals surface area contributed by atoms with Crippen LogP contribution in [0.25, 0.3) is 5.32 Å². The average Bonchev–Trinajstić information content (AvgIpc) is 2.87. The molecule has 1 radical (unpaired) electrons. The first-order chi connectivity index (χ1) is 9.50. The Hall–Kier alpha value is -0.526. The largest absolute Gasteiger partial charge is 0.682 e. The van der Waals surface area contributed by atoms with Crippen molar-refractivity contribution < 1.29 is 32.7 Å². The first-order valence-corrected chi connectivity index (χ1v) is 7.45. The number of fused-ring (bicyclic) bond motifs is 2. The summed E-state index contributed by atoms with van der Waals surface area (Å²) >= 11 is 0. The molecule has 0 amide bonds. The minimum atomic E-state index is 0. The van der Waals surface area contributed by atoms with Gasteiger partial charge in [-0.1, -0.05) is 52.3 Å². The first kappa shape index (κ1) is 20.5. The molecule has 2 heteroatoms. The van der Waals surface area contributed by atoms with Crippen molar-refractivity contribution in [2.24, 2.45) is 11.3 Å². The van der Waals surface area contributed by atoms with Crippen molar-refractivity contribution in [1.82, 2.24) is 0 Å². The maximum atomic E-state index is 4.51. The Morgan fingerprint density at radius 1 is 1.14 bits per heavy atom. The van der Waals surface area contributed by atoms with Gasteiger partial charge in [-0.05, 0) is 11.3 Å². The molecule has 1 heterocycles. The third kappa shape index (κ3) is 5.64. The number of piperidine rings is 1. The second-order valence-electron chi connectivity index (χ2n) is 5.58. The predicted molar refractivity (Wildman–Crippen MR) is 89.6 cm³/mol. The fraction of sp³-hybridized carbons (Fsp3) is 0.421. The normalized spacial score (nSPS) is 23.5. The molecule has 113 valence electrons. The Morgan fingerprint density at radius 3 is 2.19 bits per heavy atom. The summed E-state index contributed by atoms with van der Waals surface area (Å²) in [6.07, 6.45) is 5.71. The molecule has 21 heavy (non-hydrogen) atoms. The van der Waals surface area contributed by atoms with E-state index in [2.05, 4.69) is 44.8 Å². The smallest absolute Gasteiger partial charge is 0 e. The van der Waals surface area contributed by atoms with Crippen molar-refractivity contribution in [3.63, 3.8) is 0 Å². The molecule has 0 spiro atoms. The molecule has 2 aliphatic rings. The van der Waals surface area contributed by atoms with Crippen molar-refractivity contribution >= 4 is 0 Å². The van der Waals surface area contributed by atoms with Gasteiger partial charge in [0, 0.05) is 32.7 Å². The number of benzene rings is 1. The van der Waals surface area contributed by atoms with Gasteiger partial charge in [-0.2, -0.15) is 30.3 Å². The zero-order valence-electron chi connectivity index (χ0n) is 13.8. The maximum absolute atomic E-state index is 4.51. The molecule has 3 rings (SSSR count). The molecular weight excluding hydrogens is 331 g/mol. The topological polar surface area (TPSA) is 14.1 Å². The average molecular weight is 358 g/mol. The van der Waals surface area contributed by atoms with Crippen LogP contribution in [0.15, 0.2) is 54.8 Å². The maximum Gasteiger partial charge on any atom is 0 e. The van der Waals surface area contributed by atoms with Gasteiger partial charge in [-0.3, -0.25) is 0 Å². The Balaban J connectivity index is 0.000000351. The van der Waals surface area contributed by atoms with E-state index in [0.29, 0.717) is 12.0 Å². The summed E-state index contributed by atoms with van der Waals surface area (Å²) in [6, 6.07) is 10.3. The molecule has 1 aromatic carbocycles. The molecule has 1 fully saturated rings.